The molecule has 0 radical (unpaired) electrons. The average molecular weight is 438 g/mol. The second-order valence-electron chi connectivity index (χ2n) is 7.33. The Bertz CT molecular complexity index is 779. The van der Waals surface area contributed by atoms with Crippen LogP contribution in [0, 0.1) is 38.9 Å². The molecule has 0 fully saturated rings. The Labute approximate surface area is 184 Å². The van der Waals surface area contributed by atoms with Crippen molar-refractivity contribution in [2.75, 3.05) is 6.54 Å². The van der Waals surface area contributed by atoms with E-state index in [1.165, 1.54) is 0 Å². The van der Waals surface area contributed by atoms with E-state index in [4.69, 9.17) is 5.73 Å². The first-order chi connectivity index (χ1) is 13.6. The van der Waals surface area contributed by atoms with E-state index in [9.17, 15) is 14.3 Å². The Kier molecular flexibility index (Phi) is 9.25. The van der Waals surface area contributed by atoms with E-state index in [2.05, 4.69) is 25.3 Å². The summed E-state index contributed by atoms with van der Waals surface area (Å²) in [5, 5.41) is 10.5. The van der Waals surface area contributed by atoms with Crippen molar-refractivity contribution in [2.24, 2.45) is 11.1 Å². The molecule has 160 valence electrons. The molecule has 2 rings (SSSR count). The van der Waals surface area contributed by atoms with Gasteiger partial charge in [-0.2, -0.15) is 0 Å². The van der Waals surface area contributed by atoms with Gasteiger partial charge in [0, 0.05) is 21.8 Å². The lowest BCUT2D eigenvalue weighted by Crippen LogP contribution is -2.37. The maximum Gasteiger partial charge on any atom is 0.139 e. The lowest BCUT2D eigenvalue weighted by Gasteiger charge is -2.29. The molecule has 0 aliphatic carbocycles. The Morgan fingerprint density at radius 2 is 1.52 bits per heavy atom. The van der Waals surface area contributed by atoms with Crippen LogP contribution in [0.1, 0.15) is 47.2 Å². The van der Waals surface area contributed by atoms with Gasteiger partial charge in [0.1, 0.15) is 17.9 Å². The summed E-state index contributed by atoms with van der Waals surface area (Å²) in [5.41, 5.74) is 9.15. The molecule has 29 heavy (non-hydrogen) atoms. The molecule has 0 amide bonds. The Morgan fingerprint density at radius 3 is 2.03 bits per heavy atom. The van der Waals surface area contributed by atoms with Crippen LogP contribution in [0.15, 0.2) is 21.9 Å². The highest BCUT2D eigenvalue weighted by atomic mass is 32.1. The fourth-order valence-corrected chi connectivity index (χ4v) is 4.01. The van der Waals surface area contributed by atoms with Gasteiger partial charge in [-0.05, 0) is 86.1 Å². The number of thiol groups is 2. The average Bonchev–Trinajstić information content (AvgIpc) is 2.71. The molecule has 0 bridgehead atoms. The molecule has 3 N–H and O–H groups in total. The molecule has 2 aromatic carbocycles. The smallest absolute Gasteiger partial charge is 0.139 e. The van der Waals surface area contributed by atoms with E-state index >= 15 is 0 Å². The van der Waals surface area contributed by atoms with Crippen molar-refractivity contribution in [1.82, 2.24) is 0 Å². The van der Waals surface area contributed by atoms with E-state index in [0.717, 1.165) is 27.9 Å². The van der Waals surface area contributed by atoms with Gasteiger partial charge in [0.2, 0.25) is 0 Å². The van der Waals surface area contributed by atoms with Gasteiger partial charge in [0.15, 0.2) is 0 Å². The van der Waals surface area contributed by atoms with Crippen molar-refractivity contribution >= 4 is 31.5 Å². The molecule has 1 atom stereocenters. The van der Waals surface area contributed by atoms with Crippen LogP contribution in [-0.2, 0) is 17.6 Å². The molecule has 0 heterocycles. The number of phenolic OH excluding ortho intramolecular Hbond substituents is 1. The Hall–Kier alpha value is -1.50. The fraction of sp³-hybridized carbons (Fsp3) is 0.435. The van der Waals surface area contributed by atoms with E-state index in [1.807, 2.05) is 34.6 Å². The van der Waals surface area contributed by atoms with Crippen LogP contribution in [0.5, 0.6) is 5.75 Å². The number of rotatable bonds is 6. The summed E-state index contributed by atoms with van der Waals surface area (Å²) in [7, 11) is 0. The maximum atomic E-state index is 14.8. The van der Waals surface area contributed by atoms with Crippen molar-refractivity contribution < 1.29 is 14.3 Å². The van der Waals surface area contributed by atoms with E-state index in [0.29, 0.717) is 16.7 Å². The minimum Gasteiger partial charge on any atom is -0.507 e. The van der Waals surface area contributed by atoms with Gasteiger partial charge in [0.05, 0.1) is 0 Å². The summed E-state index contributed by atoms with van der Waals surface area (Å²) in [6.07, 6.45) is 1.12. The monoisotopic (exact) mass is 437 g/mol. The SMILES string of the molecule is CC.Cc1cc(S)c(F)c(CC(C=O)(CN)Cc2c(C)c(S)cc(C)c2O)c1C. The summed E-state index contributed by atoms with van der Waals surface area (Å²) in [6, 6.07) is 3.45. The lowest BCUT2D eigenvalue weighted by molar-refractivity contribution is -0.115. The van der Waals surface area contributed by atoms with Gasteiger partial charge in [-0.1, -0.05) is 13.8 Å². The highest BCUT2D eigenvalue weighted by Gasteiger charge is 2.33. The van der Waals surface area contributed by atoms with Gasteiger partial charge in [0.25, 0.3) is 0 Å². The van der Waals surface area contributed by atoms with Crippen LogP contribution in [0.25, 0.3) is 0 Å². The van der Waals surface area contributed by atoms with Crippen LogP contribution in [0.2, 0.25) is 0 Å². The van der Waals surface area contributed by atoms with Gasteiger partial charge >= 0.3 is 0 Å². The molecular formula is C23H32FNO2S2. The summed E-state index contributed by atoms with van der Waals surface area (Å²) >= 11 is 8.66. The Balaban J connectivity index is 0.00000204. The molecule has 1 unspecified atom stereocenters. The van der Waals surface area contributed by atoms with Crippen molar-refractivity contribution in [2.45, 2.75) is 64.2 Å². The van der Waals surface area contributed by atoms with Crippen LogP contribution in [0.4, 0.5) is 4.39 Å². The van der Waals surface area contributed by atoms with Crippen molar-refractivity contribution in [1.29, 1.82) is 0 Å². The third-order valence-corrected chi connectivity index (χ3v) is 6.24. The Morgan fingerprint density at radius 1 is 1.00 bits per heavy atom. The zero-order valence-electron chi connectivity index (χ0n) is 18.1. The number of carbonyl (C=O) groups excluding carboxylic acids is 1. The second kappa shape index (κ2) is 10.5. The molecule has 0 saturated carbocycles. The zero-order valence-corrected chi connectivity index (χ0v) is 19.8. The van der Waals surface area contributed by atoms with Crippen molar-refractivity contribution in [3.8, 4) is 5.75 Å². The zero-order chi connectivity index (χ0) is 22.5. The number of aldehydes is 1. The number of phenols is 1. The first-order valence-electron chi connectivity index (χ1n) is 9.71. The number of carbonyl (C=O) groups is 1. The highest BCUT2D eigenvalue weighted by molar-refractivity contribution is 7.80. The van der Waals surface area contributed by atoms with Gasteiger partial charge < -0.3 is 15.6 Å². The molecule has 0 aromatic heterocycles. The van der Waals surface area contributed by atoms with Crippen LogP contribution in [0.3, 0.4) is 0 Å². The topological polar surface area (TPSA) is 63.3 Å². The number of nitrogens with two attached hydrogens (primary N) is 1. The molecule has 3 nitrogen and oxygen atoms in total. The second-order valence-corrected chi connectivity index (χ2v) is 8.30. The first kappa shape index (κ1) is 25.5. The number of aromatic hydroxyl groups is 1. The quantitative estimate of drug-likeness (QED) is 0.366. The molecule has 0 spiro atoms. The molecule has 0 aliphatic rings. The fourth-order valence-electron chi connectivity index (χ4n) is 3.35. The lowest BCUT2D eigenvalue weighted by atomic mass is 9.75. The number of halogens is 1. The standard InChI is InChI=1S/C21H26FNO2S2.C2H6/c1-11-5-18(27)19(22)15(13(11)3)7-21(9-23,10-24)8-16-14(4)17(26)6-12(2)20(16)25;1-2/h5-6,10,25-27H,7-9,23H2,1-4H3;1-2H3. The van der Waals surface area contributed by atoms with Gasteiger partial charge in [-0.3, -0.25) is 0 Å². The van der Waals surface area contributed by atoms with E-state index in [1.54, 1.807) is 19.1 Å². The van der Waals surface area contributed by atoms with Crippen LogP contribution >= 0.6 is 25.3 Å². The number of hydrogen-bond acceptors (Lipinski definition) is 5. The van der Waals surface area contributed by atoms with Gasteiger partial charge in [-0.25, -0.2) is 4.39 Å². The molecular weight excluding hydrogens is 405 g/mol. The number of aryl methyl sites for hydroxylation is 2. The largest absolute Gasteiger partial charge is 0.507 e. The van der Waals surface area contributed by atoms with E-state index < -0.39 is 11.2 Å². The molecule has 6 heteroatoms. The third kappa shape index (κ3) is 5.36. The predicted octanol–water partition coefficient (Wildman–Crippen LogP) is 5.30. The maximum absolute atomic E-state index is 14.8. The third-order valence-electron chi connectivity index (χ3n) is 5.45. The summed E-state index contributed by atoms with van der Waals surface area (Å²) < 4.78 is 14.8. The number of benzene rings is 2. The minimum atomic E-state index is -1.05. The molecule has 0 aliphatic heterocycles. The summed E-state index contributed by atoms with van der Waals surface area (Å²) in [6.45, 7) is 11.4. The minimum absolute atomic E-state index is 0.0277. The number of hydrogen-bond donors (Lipinski definition) is 4. The van der Waals surface area contributed by atoms with Crippen LogP contribution < -0.4 is 5.73 Å². The summed E-state index contributed by atoms with van der Waals surface area (Å²) in [4.78, 5) is 13.1. The van der Waals surface area contributed by atoms with Crippen LogP contribution in [-0.4, -0.2) is 17.9 Å². The normalized spacial score (nSPS) is 12.8. The van der Waals surface area contributed by atoms with Gasteiger partial charge in [-0.15, -0.1) is 25.3 Å². The first-order valence-corrected chi connectivity index (χ1v) is 10.6. The van der Waals surface area contributed by atoms with E-state index in [-0.39, 0.29) is 30.0 Å². The highest BCUT2D eigenvalue weighted by Crippen LogP contribution is 2.37. The molecule has 0 saturated heterocycles. The predicted molar refractivity (Wildman–Crippen MR) is 124 cm³/mol. The van der Waals surface area contributed by atoms with Crippen molar-refractivity contribution in [3.05, 3.63) is 51.3 Å². The molecule has 2 aromatic rings. The van der Waals surface area contributed by atoms with Crippen molar-refractivity contribution in [3.63, 3.8) is 0 Å². The summed E-state index contributed by atoms with van der Waals surface area (Å²) in [5.74, 6) is -0.303.